The second-order valence-corrected chi connectivity index (χ2v) is 5.40. The molecular formula is C16H24B2O2. The van der Waals surface area contributed by atoms with Crippen molar-refractivity contribution in [1.29, 1.82) is 0 Å². The molecule has 0 aliphatic carbocycles. The predicted molar refractivity (Wildman–Crippen MR) is 84.9 cm³/mol. The second-order valence-electron chi connectivity index (χ2n) is 5.40. The molecular weight excluding hydrogens is 246 g/mol. The molecule has 1 aromatic carbocycles. The zero-order valence-electron chi connectivity index (χ0n) is 12.3. The van der Waals surface area contributed by atoms with E-state index >= 15 is 0 Å². The summed E-state index contributed by atoms with van der Waals surface area (Å²) in [6.07, 6.45) is 7.06. The Hall–Kier alpha value is -0.730. The van der Waals surface area contributed by atoms with E-state index < -0.39 is 5.40 Å². The highest BCUT2D eigenvalue weighted by Crippen LogP contribution is 2.11. The van der Waals surface area contributed by atoms with Gasteiger partial charge in [0.15, 0.2) is 0 Å². The van der Waals surface area contributed by atoms with Crippen LogP contribution in [0.2, 0.25) is 0 Å². The Morgan fingerprint density at radius 1 is 0.900 bits per heavy atom. The maximum Gasteiger partial charge on any atom is 0.0989 e. The average molecular weight is 270 g/mol. The lowest BCUT2D eigenvalue weighted by atomic mass is 9.63. The van der Waals surface area contributed by atoms with E-state index in [0.717, 1.165) is 32.3 Å². The van der Waals surface area contributed by atoms with Gasteiger partial charge in [-0.2, -0.15) is 0 Å². The molecule has 106 valence electrons. The van der Waals surface area contributed by atoms with Crippen molar-refractivity contribution in [3.05, 3.63) is 35.9 Å². The summed E-state index contributed by atoms with van der Waals surface area (Å²) in [5.41, 5.74) is 1.23. The molecule has 1 rings (SSSR count). The van der Waals surface area contributed by atoms with E-state index in [1.54, 1.807) is 0 Å². The van der Waals surface area contributed by atoms with Crippen molar-refractivity contribution in [2.45, 2.75) is 57.0 Å². The number of benzene rings is 1. The number of hydrogen-bond acceptors (Lipinski definition) is 2. The summed E-state index contributed by atoms with van der Waals surface area (Å²) in [4.78, 5) is 0. The van der Waals surface area contributed by atoms with Crippen molar-refractivity contribution < 1.29 is 9.84 Å². The van der Waals surface area contributed by atoms with Crippen molar-refractivity contribution in [3.8, 4) is 0 Å². The molecule has 20 heavy (non-hydrogen) atoms. The van der Waals surface area contributed by atoms with E-state index in [0.29, 0.717) is 13.0 Å². The Kier molecular flexibility index (Phi) is 8.72. The minimum Gasteiger partial charge on any atom is -0.409 e. The SMILES string of the molecule is [B]C([B])(O)CCCCCCCCOCc1ccccc1. The highest BCUT2D eigenvalue weighted by Gasteiger charge is 2.09. The summed E-state index contributed by atoms with van der Waals surface area (Å²) in [6, 6.07) is 10.2. The van der Waals surface area contributed by atoms with Crippen LogP contribution in [0.1, 0.15) is 50.5 Å². The van der Waals surface area contributed by atoms with Crippen LogP contribution in [0.25, 0.3) is 0 Å². The van der Waals surface area contributed by atoms with Crippen molar-refractivity contribution in [3.63, 3.8) is 0 Å². The van der Waals surface area contributed by atoms with Gasteiger partial charge in [0.2, 0.25) is 0 Å². The van der Waals surface area contributed by atoms with E-state index in [9.17, 15) is 0 Å². The fourth-order valence-corrected chi connectivity index (χ4v) is 2.08. The van der Waals surface area contributed by atoms with Crippen LogP contribution < -0.4 is 0 Å². The fourth-order valence-electron chi connectivity index (χ4n) is 2.08. The smallest absolute Gasteiger partial charge is 0.0989 e. The first kappa shape index (κ1) is 17.3. The second kappa shape index (κ2) is 10.1. The van der Waals surface area contributed by atoms with Crippen LogP contribution in [-0.2, 0) is 11.3 Å². The number of rotatable bonds is 11. The summed E-state index contributed by atoms with van der Waals surface area (Å²) >= 11 is 0. The molecule has 0 amide bonds. The summed E-state index contributed by atoms with van der Waals surface area (Å²) in [5.74, 6) is 0. The fraction of sp³-hybridized carbons (Fsp3) is 0.625. The van der Waals surface area contributed by atoms with Gasteiger partial charge in [-0.05, 0) is 23.8 Å². The molecule has 0 saturated carbocycles. The predicted octanol–water partition coefficient (Wildman–Crippen LogP) is 2.92. The lowest BCUT2D eigenvalue weighted by Gasteiger charge is -2.17. The first-order valence-electron chi connectivity index (χ1n) is 7.50. The first-order chi connectivity index (χ1) is 9.58. The monoisotopic (exact) mass is 270 g/mol. The van der Waals surface area contributed by atoms with Gasteiger partial charge in [-0.25, -0.2) is 0 Å². The largest absolute Gasteiger partial charge is 0.409 e. The minimum atomic E-state index is -1.49. The van der Waals surface area contributed by atoms with Gasteiger partial charge in [0.05, 0.1) is 22.3 Å². The quantitative estimate of drug-likeness (QED) is 0.495. The normalized spacial score (nSPS) is 11.7. The standard InChI is InChI=1S/C16H24B2O2/c17-16(18,19)12-8-3-1-2-4-9-13-20-14-15-10-6-5-7-11-15/h5-7,10-11,19H,1-4,8-9,12-14H2. The van der Waals surface area contributed by atoms with Crippen LogP contribution in [-0.4, -0.2) is 32.8 Å². The molecule has 0 aromatic heterocycles. The van der Waals surface area contributed by atoms with Crippen molar-refractivity contribution in [2.24, 2.45) is 0 Å². The summed E-state index contributed by atoms with van der Waals surface area (Å²) in [6.45, 7) is 1.52. The maximum atomic E-state index is 9.15. The van der Waals surface area contributed by atoms with Gasteiger partial charge in [-0.1, -0.05) is 62.4 Å². The van der Waals surface area contributed by atoms with Crippen LogP contribution in [0.15, 0.2) is 30.3 Å². The molecule has 0 spiro atoms. The van der Waals surface area contributed by atoms with E-state index in [1.165, 1.54) is 18.4 Å². The number of hydrogen-bond donors (Lipinski definition) is 1. The number of unbranched alkanes of at least 4 members (excludes halogenated alkanes) is 5. The first-order valence-corrected chi connectivity index (χ1v) is 7.50. The van der Waals surface area contributed by atoms with E-state index in [-0.39, 0.29) is 0 Å². The molecule has 0 aliphatic rings. The van der Waals surface area contributed by atoms with Crippen molar-refractivity contribution in [1.82, 2.24) is 0 Å². The number of ether oxygens (including phenoxy) is 1. The molecule has 4 radical (unpaired) electrons. The lowest BCUT2D eigenvalue weighted by molar-refractivity contribution is 0.116. The Labute approximate surface area is 125 Å². The van der Waals surface area contributed by atoms with Crippen molar-refractivity contribution in [2.75, 3.05) is 6.61 Å². The molecule has 0 atom stereocenters. The third-order valence-corrected chi connectivity index (χ3v) is 3.23. The summed E-state index contributed by atoms with van der Waals surface area (Å²) < 4.78 is 5.63. The third-order valence-electron chi connectivity index (χ3n) is 3.23. The molecule has 0 saturated heterocycles. The zero-order chi connectivity index (χ0) is 14.7. The van der Waals surface area contributed by atoms with Gasteiger partial charge in [0, 0.05) is 6.61 Å². The number of aliphatic hydroxyl groups is 1. The highest BCUT2D eigenvalue weighted by molar-refractivity contribution is 6.38. The molecule has 0 heterocycles. The average Bonchev–Trinajstić information content (AvgIpc) is 2.41. The topological polar surface area (TPSA) is 29.5 Å². The minimum absolute atomic E-state index is 0.465. The molecule has 1 N–H and O–H groups in total. The Bertz CT molecular complexity index is 336. The molecule has 1 aromatic rings. The van der Waals surface area contributed by atoms with Gasteiger partial charge in [0.25, 0.3) is 0 Å². The molecule has 2 nitrogen and oxygen atoms in total. The van der Waals surface area contributed by atoms with E-state index in [2.05, 4.69) is 12.1 Å². The molecule has 0 aliphatic heterocycles. The van der Waals surface area contributed by atoms with Crippen molar-refractivity contribution >= 4 is 15.7 Å². The Balaban J connectivity index is 1.83. The van der Waals surface area contributed by atoms with Crippen LogP contribution in [0, 0.1) is 0 Å². The summed E-state index contributed by atoms with van der Waals surface area (Å²) in [5, 5.41) is 7.66. The van der Waals surface area contributed by atoms with Crippen LogP contribution in [0.4, 0.5) is 0 Å². The van der Waals surface area contributed by atoms with Gasteiger partial charge in [0.1, 0.15) is 0 Å². The van der Waals surface area contributed by atoms with E-state index in [4.69, 9.17) is 25.5 Å². The molecule has 0 unspecified atom stereocenters. The zero-order valence-corrected chi connectivity index (χ0v) is 12.3. The van der Waals surface area contributed by atoms with Crippen LogP contribution in [0.5, 0.6) is 0 Å². The Morgan fingerprint density at radius 2 is 1.50 bits per heavy atom. The molecule has 0 bridgehead atoms. The van der Waals surface area contributed by atoms with Gasteiger partial charge < -0.3 is 9.84 Å². The van der Waals surface area contributed by atoms with Crippen LogP contribution >= 0.6 is 0 Å². The Morgan fingerprint density at radius 3 is 2.15 bits per heavy atom. The van der Waals surface area contributed by atoms with Gasteiger partial charge in [-0.15, -0.1) is 0 Å². The van der Waals surface area contributed by atoms with Crippen LogP contribution in [0.3, 0.4) is 0 Å². The highest BCUT2D eigenvalue weighted by atomic mass is 16.5. The third kappa shape index (κ3) is 10.1. The van der Waals surface area contributed by atoms with Gasteiger partial charge in [-0.3, -0.25) is 0 Å². The molecule has 4 heteroatoms. The maximum absolute atomic E-state index is 9.15. The molecule has 0 fully saturated rings. The lowest BCUT2D eigenvalue weighted by Crippen LogP contribution is -2.28. The van der Waals surface area contributed by atoms with Gasteiger partial charge >= 0.3 is 0 Å². The van der Waals surface area contributed by atoms with E-state index in [1.807, 2.05) is 18.2 Å². The summed E-state index contributed by atoms with van der Waals surface area (Å²) in [7, 11) is 10.6.